The molecule has 1 aliphatic carbocycles. The number of amides is 1. The van der Waals surface area contributed by atoms with Gasteiger partial charge in [-0.3, -0.25) is 14.2 Å². The number of aryl methyl sites for hydroxylation is 2. The van der Waals surface area contributed by atoms with Gasteiger partial charge in [-0.2, -0.15) is 8.78 Å². The average Bonchev–Trinajstić information content (AvgIpc) is 3.31. The molecule has 1 aromatic carbocycles. The van der Waals surface area contributed by atoms with Crippen molar-refractivity contribution in [2.24, 2.45) is 0 Å². The van der Waals surface area contributed by atoms with Crippen LogP contribution in [0.25, 0.3) is 10.2 Å². The highest BCUT2D eigenvalue weighted by atomic mass is 32.2. The molecule has 10 heteroatoms. The second-order valence-electron chi connectivity index (χ2n) is 6.85. The summed E-state index contributed by atoms with van der Waals surface area (Å²) in [6.07, 6.45) is 4.51. The summed E-state index contributed by atoms with van der Waals surface area (Å²) in [6.45, 7) is 0.997. The first-order chi connectivity index (χ1) is 15.0. The molecule has 1 amide bonds. The van der Waals surface area contributed by atoms with Crippen molar-refractivity contribution in [3.05, 3.63) is 57.7 Å². The van der Waals surface area contributed by atoms with Gasteiger partial charge in [-0.15, -0.1) is 17.9 Å². The quantitative estimate of drug-likeness (QED) is 0.303. The molecule has 0 saturated carbocycles. The molecule has 3 aromatic rings. The molecule has 1 N–H and O–H groups in total. The van der Waals surface area contributed by atoms with E-state index in [0.29, 0.717) is 15.4 Å². The normalized spacial score (nSPS) is 12.9. The zero-order valence-corrected chi connectivity index (χ0v) is 18.0. The van der Waals surface area contributed by atoms with E-state index in [9.17, 15) is 18.4 Å². The first kappa shape index (κ1) is 21.5. The number of fused-ring (bicyclic) bond motifs is 3. The van der Waals surface area contributed by atoms with Gasteiger partial charge < -0.3 is 10.1 Å². The van der Waals surface area contributed by atoms with Crippen molar-refractivity contribution in [1.29, 1.82) is 0 Å². The van der Waals surface area contributed by atoms with Gasteiger partial charge in [0.1, 0.15) is 10.6 Å². The maximum atomic E-state index is 13.1. The number of alkyl halides is 2. The van der Waals surface area contributed by atoms with Crippen molar-refractivity contribution < 1.29 is 18.3 Å². The summed E-state index contributed by atoms with van der Waals surface area (Å²) in [5.41, 5.74) is 1.12. The molecule has 0 spiro atoms. The largest absolute Gasteiger partial charge is 0.433 e. The molecular formula is C21H19F2N3O3S2. The Bertz CT molecular complexity index is 1210. The fraction of sp³-hybridized carbons (Fsp3) is 0.286. The predicted octanol–water partition coefficient (Wildman–Crippen LogP) is 4.46. The third-order valence-corrected chi connectivity index (χ3v) is 6.97. The van der Waals surface area contributed by atoms with Crippen LogP contribution >= 0.6 is 23.1 Å². The van der Waals surface area contributed by atoms with E-state index in [4.69, 9.17) is 0 Å². The van der Waals surface area contributed by atoms with Crippen molar-refractivity contribution in [3.63, 3.8) is 0 Å². The molecule has 0 aliphatic heterocycles. The lowest BCUT2D eigenvalue weighted by atomic mass is 10.2. The van der Waals surface area contributed by atoms with Gasteiger partial charge in [0.05, 0.1) is 16.8 Å². The van der Waals surface area contributed by atoms with Crippen LogP contribution in [0.15, 0.2) is 46.9 Å². The van der Waals surface area contributed by atoms with Crippen LogP contribution in [0.2, 0.25) is 0 Å². The van der Waals surface area contributed by atoms with Gasteiger partial charge in [-0.1, -0.05) is 30.0 Å². The smallest absolute Gasteiger partial charge is 0.387 e. The van der Waals surface area contributed by atoms with Gasteiger partial charge >= 0.3 is 6.61 Å². The van der Waals surface area contributed by atoms with Gasteiger partial charge in [-0.25, -0.2) is 4.98 Å². The highest BCUT2D eigenvalue weighted by Crippen LogP contribution is 2.35. The van der Waals surface area contributed by atoms with Crippen molar-refractivity contribution in [3.8, 4) is 5.75 Å². The van der Waals surface area contributed by atoms with E-state index in [1.54, 1.807) is 12.1 Å². The third-order valence-electron chi connectivity index (χ3n) is 4.81. The second-order valence-corrected chi connectivity index (χ2v) is 8.87. The maximum absolute atomic E-state index is 13.1. The van der Waals surface area contributed by atoms with E-state index in [0.717, 1.165) is 36.6 Å². The van der Waals surface area contributed by atoms with Crippen molar-refractivity contribution in [1.82, 2.24) is 9.55 Å². The van der Waals surface area contributed by atoms with Crippen LogP contribution in [0.5, 0.6) is 5.75 Å². The van der Waals surface area contributed by atoms with E-state index in [1.807, 2.05) is 0 Å². The van der Waals surface area contributed by atoms with E-state index in [2.05, 4.69) is 21.6 Å². The van der Waals surface area contributed by atoms with Crippen LogP contribution in [0.3, 0.4) is 0 Å². The summed E-state index contributed by atoms with van der Waals surface area (Å²) in [5.74, 6) is -0.598. The summed E-state index contributed by atoms with van der Waals surface area (Å²) in [5, 5.41) is 3.66. The summed E-state index contributed by atoms with van der Waals surface area (Å²) >= 11 is 2.65. The molecule has 0 fully saturated rings. The molecule has 4 rings (SSSR count). The van der Waals surface area contributed by atoms with Gasteiger partial charge in [0.25, 0.3) is 5.56 Å². The first-order valence-corrected chi connectivity index (χ1v) is 11.4. The van der Waals surface area contributed by atoms with Crippen LogP contribution in [0, 0.1) is 0 Å². The molecule has 162 valence electrons. The minimum atomic E-state index is -3.00. The number of aromatic nitrogens is 2. The van der Waals surface area contributed by atoms with Crippen LogP contribution < -0.4 is 15.6 Å². The van der Waals surface area contributed by atoms with Crippen LogP contribution in [0.1, 0.15) is 16.9 Å². The molecule has 31 heavy (non-hydrogen) atoms. The maximum Gasteiger partial charge on any atom is 0.387 e. The number of rotatable bonds is 8. The number of hydrogen-bond donors (Lipinski definition) is 1. The first-order valence-electron chi connectivity index (χ1n) is 9.60. The van der Waals surface area contributed by atoms with E-state index < -0.39 is 12.5 Å². The number of allylic oxidation sites excluding steroid dienone is 1. The highest BCUT2D eigenvalue weighted by molar-refractivity contribution is 7.99. The number of para-hydroxylation sites is 2. The number of nitrogens with zero attached hydrogens (tertiary/aromatic N) is 2. The van der Waals surface area contributed by atoms with E-state index in [1.165, 1.54) is 39.0 Å². The zero-order chi connectivity index (χ0) is 22.0. The van der Waals surface area contributed by atoms with Gasteiger partial charge in [-0.05, 0) is 37.0 Å². The predicted molar refractivity (Wildman–Crippen MR) is 119 cm³/mol. The number of nitrogens with one attached hydrogen (secondary N) is 1. The van der Waals surface area contributed by atoms with Crippen molar-refractivity contribution in [2.45, 2.75) is 37.6 Å². The number of thiophene rings is 1. The average molecular weight is 464 g/mol. The minimum Gasteiger partial charge on any atom is -0.433 e. The molecule has 1 aliphatic rings. The van der Waals surface area contributed by atoms with Crippen molar-refractivity contribution >= 4 is 44.9 Å². The number of anilines is 1. The molecule has 0 radical (unpaired) electrons. The summed E-state index contributed by atoms with van der Waals surface area (Å²) in [4.78, 5) is 32.1. The van der Waals surface area contributed by atoms with Crippen molar-refractivity contribution in [2.75, 3.05) is 11.1 Å². The number of hydrogen-bond acceptors (Lipinski definition) is 6. The molecule has 0 unspecified atom stereocenters. The fourth-order valence-electron chi connectivity index (χ4n) is 3.54. The Kier molecular flexibility index (Phi) is 6.38. The Hall–Kier alpha value is -2.72. The molecule has 6 nitrogen and oxygen atoms in total. The van der Waals surface area contributed by atoms with Gasteiger partial charge in [0.2, 0.25) is 5.91 Å². The van der Waals surface area contributed by atoms with Crippen LogP contribution in [0.4, 0.5) is 14.5 Å². The number of benzene rings is 1. The topological polar surface area (TPSA) is 73.2 Å². The zero-order valence-electron chi connectivity index (χ0n) is 16.4. The number of carbonyl (C=O) groups is 1. The Morgan fingerprint density at radius 3 is 2.97 bits per heavy atom. The number of thioether (sulfide) groups is 1. The molecule has 0 atom stereocenters. The lowest BCUT2D eigenvalue weighted by Gasteiger charge is -2.12. The molecule has 2 heterocycles. The SMILES string of the molecule is C=CCn1c(SCC(=O)Nc2ccccc2OC(F)F)nc2sc3c(c2c1=O)CCC3. The second kappa shape index (κ2) is 9.19. The van der Waals surface area contributed by atoms with Crippen LogP contribution in [-0.2, 0) is 24.2 Å². The lowest BCUT2D eigenvalue weighted by Crippen LogP contribution is -2.24. The number of carbonyl (C=O) groups excluding carboxylic acids is 1. The standard InChI is InChI=1S/C21H19F2N3O3S2/c1-2-10-26-19(28)17-12-6-5-9-15(12)31-18(17)25-21(26)30-11-16(27)24-13-7-3-4-8-14(13)29-20(22)23/h2-4,7-8,20H,1,5-6,9-11H2,(H,24,27). The van der Waals surface area contributed by atoms with Crippen LogP contribution in [-0.4, -0.2) is 27.8 Å². The summed E-state index contributed by atoms with van der Waals surface area (Å²) < 4.78 is 31.1. The molecule has 0 bridgehead atoms. The third kappa shape index (κ3) is 4.49. The fourth-order valence-corrected chi connectivity index (χ4v) is 5.65. The highest BCUT2D eigenvalue weighted by Gasteiger charge is 2.23. The Labute approximate surface area is 184 Å². The van der Waals surface area contributed by atoms with E-state index >= 15 is 0 Å². The van der Waals surface area contributed by atoms with Gasteiger partial charge in [0.15, 0.2) is 5.16 Å². The Morgan fingerprint density at radius 2 is 2.19 bits per heavy atom. The number of halogens is 2. The Balaban J connectivity index is 1.55. The molecular weight excluding hydrogens is 444 g/mol. The van der Waals surface area contributed by atoms with E-state index in [-0.39, 0.29) is 29.3 Å². The van der Waals surface area contributed by atoms with Gasteiger partial charge in [0, 0.05) is 11.4 Å². The summed E-state index contributed by atoms with van der Waals surface area (Å²) in [6, 6.07) is 5.97. The Morgan fingerprint density at radius 1 is 1.39 bits per heavy atom. The lowest BCUT2D eigenvalue weighted by molar-refractivity contribution is -0.113. The molecule has 2 aromatic heterocycles. The monoisotopic (exact) mass is 463 g/mol. The summed E-state index contributed by atoms with van der Waals surface area (Å²) in [7, 11) is 0. The minimum absolute atomic E-state index is 0.0524. The number of ether oxygens (including phenoxy) is 1. The molecule has 0 saturated heterocycles.